The Morgan fingerprint density at radius 3 is 2.19 bits per heavy atom. The maximum absolute atomic E-state index is 5.40. The van der Waals surface area contributed by atoms with Crippen molar-refractivity contribution in [1.29, 1.82) is 0 Å². The zero-order valence-electron chi connectivity index (χ0n) is 10.3. The first kappa shape index (κ1) is 13.0. The fourth-order valence-corrected chi connectivity index (χ4v) is 1.56. The van der Waals surface area contributed by atoms with E-state index < -0.39 is 0 Å². The van der Waals surface area contributed by atoms with Gasteiger partial charge in [-0.25, -0.2) is 0 Å². The van der Waals surface area contributed by atoms with Gasteiger partial charge in [-0.05, 0) is 25.9 Å². The zero-order valence-corrected chi connectivity index (χ0v) is 10.3. The Bertz CT molecular complexity index is 279. The van der Waals surface area contributed by atoms with Crippen molar-refractivity contribution < 1.29 is 4.42 Å². The van der Waals surface area contributed by atoms with Crippen LogP contribution < -0.4 is 5.73 Å². The average Bonchev–Trinajstić information content (AvgIpc) is 2.68. The zero-order chi connectivity index (χ0) is 11.8. The minimum absolute atomic E-state index is 0.154. The molecule has 0 radical (unpaired) electrons. The van der Waals surface area contributed by atoms with Crippen LogP contribution >= 0.6 is 0 Å². The summed E-state index contributed by atoms with van der Waals surface area (Å²) >= 11 is 0. The molecule has 1 heterocycles. The number of aromatic nitrogens is 2. The third-order valence-electron chi connectivity index (χ3n) is 2.50. The third kappa shape index (κ3) is 4.61. The van der Waals surface area contributed by atoms with Crippen molar-refractivity contribution in [3.05, 3.63) is 5.89 Å². The van der Waals surface area contributed by atoms with Gasteiger partial charge in [-0.2, -0.15) is 0 Å². The van der Waals surface area contributed by atoms with Gasteiger partial charge >= 0.3 is 6.01 Å². The minimum atomic E-state index is 0.154. The number of unbranched alkanes of at least 4 members (excludes halogenated alkanes) is 2. The highest BCUT2D eigenvalue weighted by Crippen LogP contribution is 2.07. The van der Waals surface area contributed by atoms with Gasteiger partial charge in [0.2, 0.25) is 5.89 Å². The highest BCUT2D eigenvalue weighted by atomic mass is 16.4. The third-order valence-corrected chi connectivity index (χ3v) is 2.50. The first-order valence-electron chi connectivity index (χ1n) is 6.06. The predicted octanol–water partition coefficient (Wildman–Crippen LogP) is 2.05. The molecule has 0 unspecified atom stereocenters. The lowest BCUT2D eigenvalue weighted by atomic mass is 10.2. The van der Waals surface area contributed by atoms with E-state index in [1.165, 1.54) is 25.7 Å². The Labute approximate surface area is 97.0 Å². The summed E-state index contributed by atoms with van der Waals surface area (Å²) in [4.78, 5) is 2.35. The molecule has 0 aliphatic heterocycles. The van der Waals surface area contributed by atoms with E-state index in [0.29, 0.717) is 12.4 Å². The Morgan fingerprint density at radius 2 is 1.75 bits per heavy atom. The van der Waals surface area contributed by atoms with E-state index in [1.54, 1.807) is 0 Å². The summed E-state index contributed by atoms with van der Waals surface area (Å²) in [5.74, 6) is 0.615. The van der Waals surface area contributed by atoms with Gasteiger partial charge in [-0.1, -0.05) is 31.8 Å². The van der Waals surface area contributed by atoms with Gasteiger partial charge in [0.25, 0.3) is 0 Å². The monoisotopic (exact) mass is 226 g/mol. The number of nitrogen functional groups attached to an aromatic ring is 1. The molecule has 5 nitrogen and oxygen atoms in total. The Balaban J connectivity index is 2.41. The molecule has 5 heteroatoms. The molecule has 1 aromatic rings. The standard InChI is InChI=1S/C11H22N4O/c1-3-5-7-15(8-6-4-2)9-10-13-14-11(12)16-10/h3-9H2,1-2H3,(H2,12,14). The largest absolute Gasteiger partial charge is 0.407 e. The van der Waals surface area contributed by atoms with Crippen LogP contribution in [0.4, 0.5) is 6.01 Å². The predicted molar refractivity (Wildman–Crippen MR) is 63.8 cm³/mol. The number of anilines is 1. The lowest BCUT2D eigenvalue weighted by Crippen LogP contribution is -2.25. The molecule has 0 bridgehead atoms. The van der Waals surface area contributed by atoms with E-state index in [0.717, 1.165) is 13.1 Å². The second kappa shape index (κ2) is 7.22. The van der Waals surface area contributed by atoms with Crippen LogP contribution in [0.25, 0.3) is 0 Å². The minimum Gasteiger partial charge on any atom is -0.407 e. The fraction of sp³-hybridized carbons (Fsp3) is 0.818. The summed E-state index contributed by atoms with van der Waals surface area (Å²) in [6.07, 6.45) is 4.81. The van der Waals surface area contributed by atoms with E-state index in [4.69, 9.17) is 10.2 Å². The summed E-state index contributed by atoms with van der Waals surface area (Å²) in [5, 5.41) is 7.55. The number of hydrogen-bond donors (Lipinski definition) is 1. The number of hydrogen-bond acceptors (Lipinski definition) is 5. The molecule has 1 rings (SSSR count). The van der Waals surface area contributed by atoms with Crippen LogP contribution in [0.1, 0.15) is 45.4 Å². The molecular formula is C11H22N4O. The molecule has 0 saturated heterocycles. The molecule has 1 aromatic heterocycles. The maximum Gasteiger partial charge on any atom is 0.312 e. The molecule has 0 aromatic carbocycles. The summed E-state index contributed by atoms with van der Waals surface area (Å²) in [5.41, 5.74) is 5.40. The van der Waals surface area contributed by atoms with Crippen molar-refractivity contribution in [3.63, 3.8) is 0 Å². The Hall–Kier alpha value is -1.10. The summed E-state index contributed by atoms with van der Waals surface area (Å²) in [6, 6.07) is 0.154. The SMILES string of the molecule is CCCCN(CCCC)Cc1nnc(N)o1. The van der Waals surface area contributed by atoms with Crippen molar-refractivity contribution in [2.24, 2.45) is 0 Å². The highest BCUT2D eigenvalue weighted by molar-refractivity contribution is 5.04. The van der Waals surface area contributed by atoms with Gasteiger partial charge in [0.05, 0.1) is 6.54 Å². The van der Waals surface area contributed by atoms with Crippen LogP contribution in [0.2, 0.25) is 0 Å². The van der Waals surface area contributed by atoms with Crippen LogP contribution in [0.3, 0.4) is 0 Å². The molecule has 0 saturated carbocycles. The van der Waals surface area contributed by atoms with Gasteiger partial charge in [0.1, 0.15) is 0 Å². The lowest BCUT2D eigenvalue weighted by Gasteiger charge is -2.19. The molecule has 92 valence electrons. The van der Waals surface area contributed by atoms with Crippen LogP contribution in [0.5, 0.6) is 0 Å². The van der Waals surface area contributed by atoms with E-state index in [2.05, 4.69) is 28.9 Å². The maximum atomic E-state index is 5.40. The van der Waals surface area contributed by atoms with Crippen LogP contribution in [-0.4, -0.2) is 28.2 Å². The first-order chi connectivity index (χ1) is 7.76. The first-order valence-corrected chi connectivity index (χ1v) is 6.06. The van der Waals surface area contributed by atoms with E-state index >= 15 is 0 Å². The van der Waals surface area contributed by atoms with Crippen molar-refractivity contribution in [2.45, 2.75) is 46.1 Å². The van der Waals surface area contributed by atoms with Crippen molar-refractivity contribution in [2.75, 3.05) is 18.8 Å². The summed E-state index contributed by atoms with van der Waals surface area (Å²) in [7, 11) is 0. The summed E-state index contributed by atoms with van der Waals surface area (Å²) in [6.45, 7) is 7.27. The van der Waals surface area contributed by atoms with Gasteiger partial charge in [0.15, 0.2) is 0 Å². The fourth-order valence-electron chi connectivity index (χ4n) is 1.56. The summed E-state index contributed by atoms with van der Waals surface area (Å²) < 4.78 is 5.19. The molecule has 0 atom stereocenters. The van der Waals surface area contributed by atoms with Gasteiger partial charge in [-0.3, -0.25) is 4.90 Å². The number of nitrogens with zero attached hydrogens (tertiary/aromatic N) is 3. The van der Waals surface area contributed by atoms with Crippen LogP contribution in [0.15, 0.2) is 4.42 Å². The van der Waals surface area contributed by atoms with Crippen molar-refractivity contribution in [1.82, 2.24) is 15.1 Å². The smallest absolute Gasteiger partial charge is 0.312 e. The molecule has 0 aliphatic rings. The van der Waals surface area contributed by atoms with Crippen LogP contribution in [-0.2, 0) is 6.54 Å². The molecule has 0 amide bonds. The second-order valence-corrected chi connectivity index (χ2v) is 4.02. The van der Waals surface area contributed by atoms with E-state index in [9.17, 15) is 0 Å². The van der Waals surface area contributed by atoms with E-state index in [-0.39, 0.29) is 6.01 Å². The van der Waals surface area contributed by atoms with Gasteiger partial charge in [0, 0.05) is 0 Å². The van der Waals surface area contributed by atoms with E-state index in [1.807, 2.05) is 0 Å². The van der Waals surface area contributed by atoms with Gasteiger partial charge in [-0.15, -0.1) is 5.10 Å². The van der Waals surface area contributed by atoms with Gasteiger partial charge < -0.3 is 10.2 Å². The average molecular weight is 226 g/mol. The topological polar surface area (TPSA) is 68.2 Å². The molecule has 0 fully saturated rings. The second-order valence-electron chi connectivity index (χ2n) is 4.02. The highest BCUT2D eigenvalue weighted by Gasteiger charge is 2.09. The quantitative estimate of drug-likeness (QED) is 0.734. The number of rotatable bonds is 8. The Kier molecular flexibility index (Phi) is 5.85. The lowest BCUT2D eigenvalue weighted by molar-refractivity contribution is 0.233. The van der Waals surface area contributed by atoms with Crippen LogP contribution in [0, 0.1) is 0 Å². The molecule has 0 aliphatic carbocycles. The Morgan fingerprint density at radius 1 is 1.12 bits per heavy atom. The molecular weight excluding hydrogens is 204 g/mol. The normalized spacial score (nSPS) is 11.2. The van der Waals surface area contributed by atoms with Crippen molar-refractivity contribution in [3.8, 4) is 0 Å². The van der Waals surface area contributed by atoms with Crippen molar-refractivity contribution >= 4 is 6.01 Å². The molecule has 2 N–H and O–H groups in total. The number of nitrogens with two attached hydrogens (primary N) is 1. The molecule has 16 heavy (non-hydrogen) atoms. The molecule has 0 spiro atoms.